The van der Waals surface area contributed by atoms with Crippen LogP contribution in [-0.2, 0) is 9.13 Å². The molecule has 0 fully saturated rings. The van der Waals surface area contributed by atoms with Gasteiger partial charge in [-0.15, -0.1) is 23.2 Å². The van der Waals surface area contributed by atoms with Crippen molar-refractivity contribution in [2.45, 2.75) is 12.7 Å². The van der Waals surface area contributed by atoms with Crippen molar-refractivity contribution in [3.63, 3.8) is 0 Å². The van der Waals surface area contributed by atoms with Crippen molar-refractivity contribution in [2.24, 2.45) is 0 Å². The lowest BCUT2D eigenvalue weighted by Crippen LogP contribution is -2.44. The van der Waals surface area contributed by atoms with Gasteiger partial charge >= 0.3 is 15.3 Å². The number of halogens is 3. The van der Waals surface area contributed by atoms with Gasteiger partial charge in [0.05, 0.1) is 0 Å². The highest BCUT2D eigenvalue weighted by Crippen LogP contribution is 2.52. The summed E-state index contributed by atoms with van der Waals surface area (Å²) in [5.74, 6) is 0.317. The zero-order valence-corrected chi connectivity index (χ0v) is 25.8. The third-order valence-electron chi connectivity index (χ3n) is 5.11. The van der Waals surface area contributed by atoms with Crippen LogP contribution in [-0.4, -0.2) is 40.4 Å². The van der Waals surface area contributed by atoms with Crippen LogP contribution in [0.25, 0.3) is 0 Å². The molecule has 0 aliphatic rings. The normalized spacial score (nSPS) is 13.7. The summed E-state index contributed by atoms with van der Waals surface area (Å²) in [6.07, 6.45) is 0. The second kappa shape index (κ2) is 15.2. The number of benzene rings is 3. The SMILES string of the molecule is CC(NC(=S)NP(=O)(Oc1ccc(Cl)cc1)N(CCCl)CCCl)P(=O)(Oc1ccccc1)Oc1ccccc1. The van der Waals surface area contributed by atoms with Gasteiger partial charge in [-0.1, -0.05) is 48.0 Å². The Morgan fingerprint density at radius 2 is 1.28 bits per heavy atom. The summed E-state index contributed by atoms with van der Waals surface area (Å²) in [6.45, 7) is 1.97. The van der Waals surface area contributed by atoms with Crippen LogP contribution < -0.4 is 24.0 Å². The summed E-state index contributed by atoms with van der Waals surface area (Å²) in [4.78, 5) is 0. The number of hydrogen-bond acceptors (Lipinski definition) is 6. The first-order valence-corrected chi connectivity index (χ1v) is 16.8. The fourth-order valence-corrected chi connectivity index (χ4v) is 7.83. The maximum atomic E-state index is 14.2. The third kappa shape index (κ3) is 9.58. The van der Waals surface area contributed by atoms with Gasteiger partial charge in [0.15, 0.2) is 10.9 Å². The standard InChI is InChI=1S/C25H28Cl3N3O5P2S/c1-20(37(32,34-22-8-4-2-5-9-22)35-23-10-6-3-7-11-23)29-25(39)30-38(33,31(18-16-26)19-17-27)36-24-14-12-21(28)13-15-24/h2-15,20H,16-19H2,1H3,(H2,29,30,33,39). The highest BCUT2D eigenvalue weighted by molar-refractivity contribution is 7.81. The summed E-state index contributed by atoms with van der Waals surface area (Å²) in [6, 6.07) is 23.6. The highest BCUT2D eigenvalue weighted by atomic mass is 35.5. The van der Waals surface area contributed by atoms with Crippen molar-refractivity contribution < 1.29 is 22.7 Å². The summed E-state index contributed by atoms with van der Waals surface area (Å²) in [5, 5.41) is 6.03. The van der Waals surface area contributed by atoms with Crippen LogP contribution in [0.3, 0.4) is 0 Å². The summed E-state index contributed by atoms with van der Waals surface area (Å²) in [5.41, 5.74) is 0. The van der Waals surface area contributed by atoms with E-state index in [4.69, 9.17) is 60.6 Å². The predicted molar refractivity (Wildman–Crippen MR) is 163 cm³/mol. The molecule has 0 heterocycles. The molecule has 0 amide bonds. The second-order valence-corrected chi connectivity index (χ2v) is 13.8. The van der Waals surface area contributed by atoms with Crippen molar-refractivity contribution in [1.29, 1.82) is 0 Å². The first-order chi connectivity index (χ1) is 18.7. The van der Waals surface area contributed by atoms with Crippen LogP contribution >= 0.6 is 62.3 Å². The summed E-state index contributed by atoms with van der Waals surface area (Å²) < 4.78 is 47.3. The average molecular weight is 651 g/mol. The van der Waals surface area contributed by atoms with Gasteiger partial charge in [-0.3, -0.25) is 5.09 Å². The van der Waals surface area contributed by atoms with Gasteiger partial charge in [0.25, 0.3) is 0 Å². The number of nitrogens with one attached hydrogen (secondary N) is 2. The molecule has 0 aliphatic heterocycles. The van der Waals surface area contributed by atoms with Gasteiger partial charge in [0.1, 0.15) is 17.2 Å². The van der Waals surface area contributed by atoms with Crippen LogP contribution in [0.2, 0.25) is 5.02 Å². The molecule has 0 spiro atoms. The van der Waals surface area contributed by atoms with Crippen molar-refractivity contribution in [3.05, 3.63) is 90.0 Å². The van der Waals surface area contributed by atoms with Gasteiger partial charge in [0, 0.05) is 29.9 Å². The van der Waals surface area contributed by atoms with E-state index >= 15 is 0 Å². The third-order valence-corrected chi connectivity index (χ3v) is 10.2. The Bertz CT molecular complexity index is 1240. The van der Waals surface area contributed by atoms with E-state index in [-0.39, 0.29) is 35.7 Å². The molecule has 210 valence electrons. The Hall–Kier alpha value is -1.96. The Kier molecular flexibility index (Phi) is 12.3. The molecular weight excluding hydrogens is 623 g/mol. The van der Waals surface area contributed by atoms with E-state index in [0.717, 1.165) is 0 Å². The van der Waals surface area contributed by atoms with Crippen LogP contribution in [0.4, 0.5) is 0 Å². The van der Waals surface area contributed by atoms with E-state index in [0.29, 0.717) is 16.5 Å². The Balaban J connectivity index is 1.84. The molecule has 3 aromatic carbocycles. The van der Waals surface area contributed by atoms with Crippen LogP contribution in [0.5, 0.6) is 17.2 Å². The smallest absolute Gasteiger partial charge is 0.418 e. The molecule has 3 rings (SSSR count). The highest BCUT2D eigenvalue weighted by Gasteiger charge is 2.39. The zero-order valence-electron chi connectivity index (χ0n) is 20.9. The molecule has 0 aliphatic carbocycles. The molecule has 2 unspecified atom stereocenters. The molecule has 2 N–H and O–H groups in total. The quantitative estimate of drug-likeness (QED) is 0.103. The number of para-hydroxylation sites is 2. The van der Waals surface area contributed by atoms with Gasteiger partial charge in [-0.2, -0.15) is 0 Å². The lowest BCUT2D eigenvalue weighted by molar-refractivity contribution is 0.364. The molecule has 0 aromatic heterocycles. The number of alkyl halides is 2. The molecule has 0 saturated heterocycles. The predicted octanol–water partition coefficient (Wildman–Crippen LogP) is 7.77. The Labute approximate surface area is 249 Å². The number of thiocarbonyl (C=S) groups is 1. The molecule has 0 bridgehead atoms. The van der Waals surface area contributed by atoms with Gasteiger partial charge in [-0.25, -0.2) is 13.8 Å². The Morgan fingerprint density at radius 1 is 0.821 bits per heavy atom. The van der Waals surface area contributed by atoms with E-state index in [9.17, 15) is 9.13 Å². The van der Waals surface area contributed by atoms with Crippen LogP contribution in [0.1, 0.15) is 6.92 Å². The monoisotopic (exact) mass is 649 g/mol. The largest absolute Gasteiger partial charge is 0.452 e. The minimum Gasteiger partial charge on any atom is -0.418 e. The fourth-order valence-electron chi connectivity index (χ4n) is 3.22. The molecule has 3 aromatic rings. The maximum absolute atomic E-state index is 14.2. The van der Waals surface area contributed by atoms with E-state index in [1.165, 1.54) is 4.67 Å². The van der Waals surface area contributed by atoms with E-state index in [1.54, 1.807) is 79.7 Å². The number of hydrogen-bond donors (Lipinski definition) is 2. The van der Waals surface area contributed by atoms with Crippen molar-refractivity contribution in [1.82, 2.24) is 15.1 Å². The minimum absolute atomic E-state index is 0.109. The molecule has 8 nitrogen and oxygen atoms in total. The molecule has 2 atom stereocenters. The first-order valence-electron chi connectivity index (χ1n) is 11.8. The van der Waals surface area contributed by atoms with E-state index < -0.39 is 21.0 Å². The number of nitrogens with zero attached hydrogens (tertiary/aromatic N) is 1. The first kappa shape index (κ1) is 31.6. The topological polar surface area (TPSA) is 89.1 Å². The van der Waals surface area contributed by atoms with Crippen molar-refractivity contribution >= 4 is 67.4 Å². The zero-order chi connectivity index (χ0) is 28.3. The molecule has 0 radical (unpaired) electrons. The fraction of sp³-hybridized carbons (Fsp3) is 0.240. The Morgan fingerprint density at radius 3 is 1.74 bits per heavy atom. The van der Waals surface area contributed by atoms with Crippen molar-refractivity contribution in [3.8, 4) is 17.2 Å². The van der Waals surface area contributed by atoms with E-state index in [1.807, 2.05) is 12.1 Å². The lowest BCUT2D eigenvalue weighted by Gasteiger charge is -2.32. The lowest BCUT2D eigenvalue weighted by atomic mass is 10.3. The maximum Gasteiger partial charge on any atom is 0.452 e. The molecular formula is C25H28Cl3N3O5P2S. The molecule has 14 heteroatoms. The molecule has 0 saturated carbocycles. The van der Waals surface area contributed by atoms with Gasteiger partial charge in [0.2, 0.25) is 0 Å². The minimum atomic E-state index is -3.93. The summed E-state index contributed by atoms with van der Waals surface area (Å²) in [7, 11) is -7.84. The van der Waals surface area contributed by atoms with Gasteiger partial charge < -0.3 is 18.9 Å². The number of rotatable bonds is 14. The summed E-state index contributed by atoms with van der Waals surface area (Å²) >= 11 is 23.4. The van der Waals surface area contributed by atoms with Crippen LogP contribution in [0, 0.1) is 0 Å². The average Bonchev–Trinajstić information content (AvgIpc) is 2.91. The van der Waals surface area contributed by atoms with Gasteiger partial charge in [-0.05, 0) is 67.7 Å². The van der Waals surface area contributed by atoms with Crippen LogP contribution in [0.15, 0.2) is 84.9 Å². The second-order valence-electron chi connectivity index (χ2n) is 8.01. The van der Waals surface area contributed by atoms with Crippen molar-refractivity contribution in [2.75, 3.05) is 24.8 Å². The molecule has 39 heavy (non-hydrogen) atoms. The van der Waals surface area contributed by atoms with E-state index in [2.05, 4.69) is 10.4 Å².